The summed E-state index contributed by atoms with van der Waals surface area (Å²) >= 11 is 6.10. The van der Waals surface area contributed by atoms with Gasteiger partial charge in [-0.15, -0.1) is 0 Å². The molecule has 0 saturated carbocycles. The second-order valence-electron chi connectivity index (χ2n) is 5.58. The molecule has 0 aliphatic heterocycles. The maximum Gasteiger partial charge on any atom is 0.419 e. The van der Waals surface area contributed by atoms with Crippen LogP contribution in [0, 0.1) is 0 Å². The molecule has 0 spiro atoms. The summed E-state index contributed by atoms with van der Waals surface area (Å²) in [6.07, 6.45) is 0. The average molecular weight is 411 g/mol. The average Bonchev–Trinajstić information content (AvgIpc) is 2.89. The minimum absolute atomic E-state index is 0.0606. The Balaban J connectivity index is 1.93. The van der Waals surface area contributed by atoms with Gasteiger partial charge in [-0.25, -0.2) is 18.0 Å². The maximum absolute atomic E-state index is 12.7. The smallest absolute Gasteiger partial charge is 0.419 e. The van der Waals surface area contributed by atoms with E-state index >= 15 is 0 Å². The first-order valence-electron chi connectivity index (χ1n) is 7.82. The number of carbonyl (C=O) groups is 1. The highest BCUT2D eigenvalue weighted by Crippen LogP contribution is 2.28. The fraction of sp³-hybridized carbons (Fsp3) is 0.176. The molecule has 1 aromatic heterocycles. The number of anilines is 1. The standard InChI is InChI=1S/C17H15ClN2O6S/c1-3-25-16(21)10-4-6-11(7-5-10)19-27(23,24)15-9-14-13(8-12(15)18)20(2)17(22)26-14/h4-9,19H,3H2,1-2H3. The van der Waals surface area contributed by atoms with E-state index in [0.29, 0.717) is 11.1 Å². The third-order valence-corrected chi connectivity index (χ3v) is 5.63. The van der Waals surface area contributed by atoms with Crippen molar-refractivity contribution in [2.75, 3.05) is 11.3 Å². The third-order valence-electron chi connectivity index (χ3n) is 3.78. The highest BCUT2D eigenvalue weighted by atomic mass is 35.5. The van der Waals surface area contributed by atoms with Crippen molar-refractivity contribution in [2.45, 2.75) is 11.8 Å². The van der Waals surface area contributed by atoms with E-state index in [0.717, 1.165) is 0 Å². The number of nitrogens with zero attached hydrogens (tertiary/aromatic N) is 1. The fourth-order valence-corrected chi connectivity index (χ4v) is 4.03. The molecule has 0 saturated heterocycles. The van der Waals surface area contributed by atoms with Crippen molar-refractivity contribution in [2.24, 2.45) is 7.05 Å². The predicted octanol–water partition coefficient (Wildman–Crippen LogP) is 2.76. The van der Waals surface area contributed by atoms with Gasteiger partial charge in [-0.1, -0.05) is 11.6 Å². The largest absolute Gasteiger partial charge is 0.462 e. The van der Waals surface area contributed by atoms with Crippen molar-refractivity contribution in [3.63, 3.8) is 0 Å². The van der Waals surface area contributed by atoms with Crippen molar-refractivity contribution in [1.82, 2.24) is 4.57 Å². The number of hydrogen-bond acceptors (Lipinski definition) is 6. The molecule has 1 heterocycles. The molecule has 0 aliphatic carbocycles. The molecule has 10 heteroatoms. The molecule has 0 radical (unpaired) electrons. The summed E-state index contributed by atoms with van der Waals surface area (Å²) < 4.78 is 38.8. The molecule has 0 aliphatic rings. The lowest BCUT2D eigenvalue weighted by Crippen LogP contribution is -2.14. The molecule has 0 bridgehead atoms. The molecule has 0 atom stereocenters. The number of hydrogen-bond donors (Lipinski definition) is 1. The molecule has 27 heavy (non-hydrogen) atoms. The van der Waals surface area contributed by atoms with E-state index in [1.165, 1.54) is 48.0 Å². The van der Waals surface area contributed by atoms with Gasteiger partial charge in [0.15, 0.2) is 5.58 Å². The zero-order chi connectivity index (χ0) is 19.8. The van der Waals surface area contributed by atoms with Crippen molar-refractivity contribution < 1.29 is 22.4 Å². The summed E-state index contributed by atoms with van der Waals surface area (Å²) in [5.41, 5.74) is 1.01. The monoisotopic (exact) mass is 410 g/mol. The van der Waals surface area contributed by atoms with E-state index in [1.54, 1.807) is 6.92 Å². The number of esters is 1. The molecule has 8 nitrogen and oxygen atoms in total. The van der Waals surface area contributed by atoms with Crippen LogP contribution in [0.15, 0.2) is 50.5 Å². The van der Waals surface area contributed by atoms with E-state index in [9.17, 15) is 18.0 Å². The van der Waals surface area contributed by atoms with Gasteiger partial charge in [0, 0.05) is 18.8 Å². The van der Waals surface area contributed by atoms with Crippen LogP contribution in [0.25, 0.3) is 11.1 Å². The number of nitrogens with one attached hydrogen (secondary N) is 1. The Kier molecular flexibility index (Phi) is 4.99. The summed E-state index contributed by atoms with van der Waals surface area (Å²) in [5, 5.41) is -0.0606. The predicted molar refractivity (Wildman–Crippen MR) is 99.7 cm³/mol. The van der Waals surface area contributed by atoms with Crippen molar-refractivity contribution >= 4 is 44.4 Å². The van der Waals surface area contributed by atoms with E-state index in [2.05, 4.69) is 4.72 Å². The number of rotatable bonds is 5. The van der Waals surface area contributed by atoms with Gasteiger partial charge in [-0.3, -0.25) is 9.29 Å². The zero-order valence-electron chi connectivity index (χ0n) is 14.4. The van der Waals surface area contributed by atoms with Crippen LogP contribution < -0.4 is 10.5 Å². The topological polar surface area (TPSA) is 108 Å². The molecule has 3 rings (SSSR count). The van der Waals surface area contributed by atoms with Crippen LogP contribution in [0.4, 0.5) is 5.69 Å². The molecule has 0 amide bonds. The van der Waals surface area contributed by atoms with E-state index in [-0.39, 0.29) is 27.8 Å². The number of fused-ring (bicyclic) bond motifs is 1. The van der Waals surface area contributed by atoms with Crippen LogP contribution in [0.3, 0.4) is 0 Å². The van der Waals surface area contributed by atoms with Crippen LogP contribution in [0.2, 0.25) is 5.02 Å². The second kappa shape index (κ2) is 7.09. The molecular formula is C17H15ClN2O6S. The molecule has 3 aromatic rings. The maximum atomic E-state index is 12.7. The molecule has 142 valence electrons. The van der Waals surface area contributed by atoms with Crippen molar-refractivity contribution in [1.29, 1.82) is 0 Å². The van der Waals surface area contributed by atoms with E-state index < -0.39 is 21.7 Å². The Morgan fingerprint density at radius 2 is 1.93 bits per heavy atom. The van der Waals surface area contributed by atoms with Gasteiger partial charge in [0.1, 0.15) is 4.90 Å². The molecular weight excluding hydrogens is 396 g/mol. The summed E-state index contributed by atoms with van der Waals surface area (Å²) in [7, 11) is -2.56. The highest BCUT2D eigenvalue weighted by molar-refractivity contribution is 7.92. The van der Waals surface area contributed by atoms with Gasteiger partial charge in [0.2, 0.25) is 0 Å². The Morgan fingerprint density at radius 3 is 2.56 bits per heavy atom. The molecule has 1 N–H and O–H groups in total. The van der Waals surface area contributed by atoms with Gasteiger partial charge < -0.3 is 9.15 Å². The summed E-state index contributed by atoms with van der Waals surface area (Å²) in [4.78, 5) is 23.0. The first kappa shape index (κ1) is 19.0. The van der Waals surface area contributed by atoms with Gasteiger partial charge in [-0.2, -0.15) is 0 Å². The SMILES string of the molecule is CCOC(=O)c1ccc(NS(=O)(=O)c2cc3oc(=O)n(C)c3cc2Cl)cc1. The number of aromatic nitrogens is 1. The Morgan fingerprint density at radius 1 is 1.26 bits per heavy atom. The lowest BCUT2D eigenvalue weighted by Gasteiger charge is -2.10. The third kappa shape index (κ3) is 3.69. The van der Waals surface area contributed by atoms with Crippen LogP contribution in [0.5, 0.6) is 0 Å². The second-order valence-corrected chi connectivity index (χ2v) is 7.64. The van der Waals surface area contributed by atoms with Crippen LogP contribution in [-0.4, -0.2) is 25.6 Å². The molecule has 0 unspecified atom stereocenters. The van der Waals surface area contributed by atoms with Crippen molar-refractivity contribution in [3.05, 3.63) is 57.5 Å². The number of sulfonamides is 1. The number of aryl methyl sites for hydroxylation is 1. The zero-order valence-corrected chi connectivity index (χ0v) is 15.9. The quantitative estimate of drug-likeness (QED) is 0.648. The normalized spacial score (nSPS) is 11.5. The number of ether oxygens (including phenoxy) is 1. The highest BCUT2D eigenvalue weighted by Gasteiger charge is 2.21. The lowest BCUT2D eigenvalue weighted by atomic mass is 10.2. The van der Waals surface area contributed by atoms with Crippen LogP contribution >= 0.6 is 11.6 Å². The van der Waals surface area contributed by atoms with Crippen LogP contribution in [-0.2, 0) is 21.8 Å². The fourth-order valence-electron chi connectivity index (χ4n) is 2.43. The number of halogens is 1. The summed E-state index contributed by atoms with van der Waals surface area (Å²) in [6, 6.07) is 8.28. The molecule has 0 fully saturated rings. The summed E-state index contributed by atoms with van der Waals surface area (Å²) in [6.45, 7) is 1.93. The van der Waals surface area contributed by atoms with Gasteiger partial charge in [-0.05, 0) is 37.3 Å². The van der Waals surface area contributed by atoms with E-state index in [4.69, 9.17) is 20.8 Å². The van der Waals surface area contributed by atoms with E-state index in [1.807, 2.05) is 0 Å². The molecule has 2 aromatic carbocycles. The minimum atomic E-state index is -4.05. The first-order chi connectivity index (χ1) is 12.7. The number of oxazole rings is 1. The summed E-state index contributed by atoms with van der Waals surface area (Å²) in [5.74, 6) is -1.13. The van der Waals surface area contributed by atoms with Crippen LogP contribution in [0.1, 0.15) is 17.3 Å². The van der Waals surface area contributed by atoms with Crippen molar-refractivity contribution in [3.8, 4) is 0 Å². The number of benzene rings is 2. The Hall–Kier alpha value is -2.78. The van der Waals surface area contributed by atoms with Gasteiger partial charge >= 0.3 is 11.7 Å². The lowest BCUT2D eigenvalue weighted by molar-refractivity contribution is 0.0526. The Bertz CT molecular complexity index is 1180. The first-order valence-corrected chi connectivity index (χ1v) is 9.68. The van der Waals surface area contributed by atoms with Gasteiger partial charge in [0.25, 0.3) is 10.0 Å². The number of carbonyl (C=O) groups excluding carboxylic acids is 1. The van der Waals surface area contributed by atoms with Gasteiger partial charge in [0.05, 0.1) is 22.7 Å². The minimum Gasteiger partial charge on any atom is -0.462 e. The Labute approximate surface area is 159 Å².